The van der Waals surface area contributed by atoms with Gasteiger partial charge in [0, 0.05) is 49.4 Å². The van der Waals surface area contributed by atoms with Crippen LogP contribution in [0.15, 0.2) is 235 Å². The fourth-order valence-corrected chi connectivity index (χ4v) is 9.42. The van der Waals surface area contributed by atoms with Gasteiger partial charge in [0.05, 0.1) is 22.4 Å². The molecule has 0 amide bonds. The number of hydrogen-bond acceptors (Lipinski definition) is 2. The summed E-state index contributed by atoms with van der Waals surface area (Å²) < 4.78 is 9.09. The molecule has 3 nitrogen and oxygen atoms in total. The maximum atomic E-state index is 6.71. The number of fused-ring (bicyclic) bond motifs is 8. The Morgan fingerprint density at radius 1 is 0.361 bits per heavy atom. The van der Waals surface area contributed by atoms with E-state index < -0.39 is 0 Å². The molecule has 0 spiro atoms. The highest BCUT2D eigenvalue weighted by molar-refractivity contribution is 6.20. The van der Waals surface area contributed by atoms with Crippen molar-refractivity contribution in [1.82, 2.24) is 4.57 Å². The number of furan rings is 1. The molecule has 0 saturated heterocycles. The van der Waals surface area contributed by atoms with Gasteiger partial charge in [0.2, 0.25) is 0 Å². The molecule has 0 saturated carbocycles. The molecule has 2 aromatic heterocycles. The topological polar surface area (TPSA) is 21.3 Å². The van der Waals surface area contributed by atoms with Crippen molar-refractivity contribution < 1.29 is 4.42 Å². The van der Waals surface area contributed by atoms with E-state index in [0.29, 0.717) is 0 Å². The highest BCUT2D eigenvalue weighted by atomic mass is 16.3. The Morgan fingerprint density at radius 3 is 1.79 bits per heavy atom. The average Bonchev–Trinajstić information content (AvgIpc) is 3.89. The molecule has 2 heterocycles. The molecule has 0 unspecified atom stereocenters. The first-order valence-corrected chi connectivity index (χ1v) is 20.8. The van der Waals surface area contributed by atoms with Gasteiger partial charge in [-0.05, 0) is 94.4 Å². The van der Waals surface area contributed by atoms with Gasteiger partial charge in [0.15, 0.2) is 0 Å². The van der Waals surface area contributed by atoms with Gasteiger partial charge in [0.25, 0.3) is 0 Å². The second-order valence-corrected chi connectivity index (χ2v) is 15.6. The highest BCUT2D eigenvalue weighted by Gasteiger charge is 2.23. The predicted octanol–water partition coefficient (Wildman–Crippen LogP) is 16.3. The zero-order valence-corrected chi connectivity index (χ0v) is 33.2. The predicted molar refractivity (Wildman–Crippen MR) is 257 cm³/mol. The summed E-state index contributed by atoms with van der Waals surface area (Å²) in [7, 11) is 0. The number of aromatic nitrogens is 1. The summed E-state index contributed by atoms with van der Waals surface area (Å²) in [5.41, 5.74) is 15.4. The minimum atomic E-state index is 0.876. The van der Waals surface area contributed by atoms with Crippen molar-refractivity contribution in [2.75, 3.05) is 4.90 Å². The van der Waals surface area contributed by atoms with Crippen LogP contribution in [0.5, 0.6) is 0 Å². The average molecular weight is 779 g/mol. The molecule has 0 radical (unpaired) electrons. The molecule has 0 N–H and O–H groups in total. The quantitative estimate of drug-likeness (QED) is 0.161. The lowest BCUT2D eigenvalue weighted by Gasteiger charge is -2.30. The van der Waals surface area contributed by atoms with Crippen LogP contribution in [-0.2, 0) is 0 Å². The summed E-state index contributed by atoms with van der Waals surface area (Å²) in [5, 5.41) is 6.96. The van der Waals surface area contributed by atoms with E-state index in [4.69, 9.17) is 4.42 Å². The molecule has 3 heteroatoms. The largest absolute Gasteiger partial charge is 0.455 e. The Labute approximate surface area is 353 Å². The van der Waals surface area contributed by atoms with Crippen LogP contribution >= 0.6 is 0 Å². The Morgan fingerprint density at radius 2 is 0.967 bits per heavy atom. The molecule has 0 aliphatic carbocycles. The van der Waals surface area contributed by atoms with Crippen molar-refractivity contribution in [3.63, 3.8) is 0 Å². The van der Waals surface area contributed by atoms with E-state index >= 15 is 0 Å². The van der Waals surface area contributed by atoms with E-state index in [0.717, 1.165) is 72.3 Å². The highest BCUT2D eigenvalue weighted by Crippen LogP contribution is 2.48. The summed E-state index contributed by atoms with van der Waals surface area (Å²) >= 11 is 0. The van der Waals surface area contributed by atoms with Gasteiger partial charge in [-0.2, -0.15) is 0 Å². The van der Waals surface area contributed by atoms with Crippen molar-refractivity contribution in [3.8, 4) is 39.1 Å². The second kappa shape index (κ2) is 14.3. The smallest absolute Gasteiger partial charge is 0.143 e. The SMILES string of the molecule is c1ccc(-c2ccc(N(c3ccccc3-c3ccc4c(c3)c3ccccc3n4-c3ccccc3)c3ccccc3-c3cccc4oc5c6ccccc6ccc5c34)cc2)cc1. The van der Waals surface area contributed by atoms with Crippen molar-refractivity contribution in [2.45, 2.75) is 0 Å². The monoisotopic (exact) mass is 778 g/mol. The van der Waals surface area contributed by atoms with E-state index in [1.165, 1.54) is 38.3 Å². The third kappa shape index (κ3) is 5.74. The number of hydrogen-bond donors (Lipinski definition) is 0. The molecule has 0 bridgehead atoms. The number of anilines is 3. The van der Waals surface area contributed by atoms with Crippen LogP contribution in [-0.4, -0.2) is 4.57 Å². The Hall–Kier alpha value is -8.14. The molecular weight excluding hydrogens is 741 g/mol. The summed E-state index contributed by atoms with van der Waals surface area (Å²) in [6.07, 6.45) is 0. The second-order valence-electron chi connectivity index (χ2n) is 15.6. The lowest BCUT2D eigenvalue weighted by atomic mass is 9.95. The Balaban J connectivity index is 1.08. The zero-order chi connectivity index (χ0) is 40.3. The van der Waals surface area contributed by atoms with E-state index in [1.807, 2.05) is 0 Å². The van der Waals surface area contributed by atoms with E-state index in [-0.39, 0.29) is 0 Å². The van der Waals surface area contributed by atoms with Crippen LogP contribution in [0.25, 0.3) is 93.6 Å². The molecule has 0 aliphatic heterocycles. The van der Waals surface area contributed by atoms with Crippen LogP contribution in [0.1, 0.15) is 0 Å². The number of rotatable bonds is 7. The first-order valence-electron chi connectivity index (χ1n) is 20.8. The van der Waals surface area contributed by atoms with Crippen LogP contribution in [0, 0.1) is 0 Å². The summed E-state index contributed by atoms with van der Waals surface area (Å²) in [4.78, 5) is 2.44. The van der Waals surface area contributed by atoms with Gasteiger partial charge < -0.3 is 13.9 Å². The lowest BCUT2D eigenvalue weighted by Crippen LogP contribution is -2.12. The lowest BCUT2D eigenvalue weighted by molar-refractivity contribution is 0.673. The number of nitrogens with zero attached hydrogens (tertiary/aromatic N) is 2. The standard InChI is InChI=1S/C58H38N2O/c1-3-16-39(17-4-1)40-30-34-44(35-31-40)60(53-27-13-10-23-47(53)49-25-15-29-56-57(49)50-36-32-41-18-7-8-22-46(41)58(50)61-56)52-26-12-9-21-45(52)42-33-37-55-51(38-42)48-24-11-14-28-54(48)59(55)43-19-5-2-6-20-43/h1-38H. The van der Waals surface area contributed by atoms with Crippen LogP contribution < -0.4 is 4.90 Å². The van der Waals surface area contributed by atoms with Gasteiger partial charge in [-0.25, -0.2) is 0 Å². The maximum absolute atomic E-state index is 6.71. The minimum absolute atomic E-state index is 0.876. The summed E-state index contributed by atoms with van der Waals surface area (Å²) in [5.74, 6) is 0. The molecule has 61 heavy (non-hydrogen) atoms. The Bertz CT molecular complexity index is 3580. The van der Waals surface area contributed by atoms with Crippen LogP contribution in [0.3, 0.4) is 0 Å². The van der Waals surface area contributed by atoms with Gasteiger partial charge in [-0.15, -0.1) is 0 Å². The van der Waals surface area contributed by atoms with E-state index in [2.05, 4.69) is 240 Å². The van der Waals surface area contributed by atoms with Crippen molar-refractivity contribution in [2.24, 2.45) is 0 Å². The third-order valence-electron chi connectivity index (χ3n) is 12.2. The first kappa shape index (κ1) is 34.9. The van der Waals surface area contributed by atoms with E-state index in [9.17, 15) is 0 Å². The van der Waals surface area contributed by atoms with Crippen molar-refractivity contribution in [1.29, 1.82) is 0 Å². The molecular formula is C58H38N2O. The van der Waals surface area contributed by atoms with Gasteiger partial charge in [-0.1, -0.05) is 164 Å². The summed E-state index contributed by atoms with van der Waals surface area (Å²) in [6.45, 7) is 0. The van der Waals surface area contributed by atoms with Gasteiger partial charge >= 0.3 is 0 Å². The molecule has 12 aromatic rings. The van der Waals surface area contributed by atoms with Crippen LogP contribution in [0.2, 0.25) is 0 Å². The van der Waals surface area contributed by atoms with Gasteiger partial charge in [0.1, 0.15) is 11.2 Å². The molecule has 10 aromatic carbocycles. The van der Waals surface area contributed by atoms with Crippen LogP contribution in [0.4, 0.5) is 17.1 Å². The molecule has 286 valence electrons. The third-order valence-corrected chi connectivity index (χ3v) is 12.2. The molecule has 0 fully saturated rings. The molecule has 12 rings (SSSR count). The zero-order valence-electron chi connectivity index (χ0n) is 33.2. The molecule has 0 aliphatic rings. The number of benzene rings is 10. The van der Waals surface area contributed by atoms with Crippen molar-refractivity contribution >= 4 is 71.6 Å². The maximum Gasteiger partial charge on any atom is 0.143 e. The summed E-state index contributed by atoms with van der Waals surface area (Å²) in [6, 6.07) is 82.9. The fourth-order valence-electron chi connectivity index (χ4n) is 9.42. The molecule has 0 atom stereocenters. The normalized spacial score (nSPS) is 11.6. The fraction of sp³-hybridized carbons (Fsp3) is 0. The first-order chi connectivity index (χ1) is 30.3. The van der Waals surface area contributed by atoms with Gasteiger partial charge in [-0.3, -0.25) is 0 Å². The number of para-hydroxylation sites is 4. The Kier molecular flexibility index (Phi) is 8.17. The van der Waals surface area contributed by atoms with Crippen molar-refractivity contribution in [3.05, 3.63) is 231 Å². The van der Waals surface area contributed by atoms with E-state index in [1.54, 1.807) is 0 Å². The minimum Gasteiger partial charge on any atom is -0.455 e.